The summed E-state index contributed by atoms with van der Waals surface area (Å²) < 4.78 is 1.88. The molecule has 0 bridgehead atoms. The normalized spacial score (nSPS) is 16.9. The molecule has 3 heterocycles. The first kappa shape index (κ1) is 29.4. The number of nitrogens with one attached hydrogen (secondary N) is 4. The number of carbonyl (C=O) groups is 1. The average Bonchev–Trinajstić information content (AvgIpc) is 3.41. The highest BCUT2D eigenvalue weighted by atomic mass is 31.0. The Morgan fingerprint density at radius 1 is 1.03 bits per heavy atom. The summed E-state index contributed by atoms with van der Waals surface area (Å²) in [6, 6.07) is 2.74. The van der Waals surface area contributed by atoms with Gasteiger partial charge in [-0.05, 0) is 58.2 Å². The predicted octanol–water partition coefficient (Wildman–Crippen LogP) is 1.51. The summed E-state index contributed by atoms with van der Waals surface area (Å²) in [5.41, 5.74) is 6.90. The molecule has 216 valence electrons. The molecule has 2 aromatic rings. The molecule has 39 heavy (non-hydrogen) atoms. The molecule has 1 saturated heterocycles. The fraction of sp³-hybridized carbons (Fsp3) is 0.731. The van der Waals surface area contributed by atoms with Gasteiger partial charge in [0.15, 0.2) is 0 Å². The number of anilines is 3. The molecule has 6 N–H and O–H groups in total. The van der Waals surface area contributed by atoms with Crippen molar-refractivity contribution in [1.82, 2.24) is 40.9 Å². The van der Waals surface area contributed by atoms with Crippen molar-refractivity contribution < 1.29 is 4.79 Å². The third-order valence-electron chi connectivity index (χ3n) is 7.42. The third-order valence-corrected chi connectivity index (χ3v) is 7.80. The van der Waals surface area contributed by atoms with Crippen molar-refractivity contribution in [3.05, 3.63) is 18.0 Å². The number of aryl methyl sites for hydroxylation is 1. The Kier molecular flexibility index (Phi) is 12.0. The predicted molar refractivity (Wildman–Crippen MR) is 159 cm³/mol. The summed E-state index contributed by atoms with van der Waals surface area (Å²) in [6.07, 6.45) is 13.2. The zero-order valence-corrected chi connectivity index (χ0v) is 24.2. The lowest BCUT2D eigenvalue weighted by atomic mass is 9.95. The number of carbonyl (C=O) groups excluding carboxylic acids is 1. The van der Waals surface area contributed by atoms with Gasteiger partial charge in [0.2, 0.25) is 11.9 Å². The fourth-order valence-electron chi connectivity index (χ4n) is 5.25. The van der Waals surface area contributed by atoms with E-state index < -0.39 is 0 Å². The van der Waals surface area contributed by atoms with E-state index in [2.05, 4.69) is 55.7 Å². The van der Waals surface area contributed by atoms with Crippen LogP contribution in [0.3, 0.4) is 0 Å². The summed E-state index contributed by atoms with van der Waals surface area (Å²) in [7, 11) is 2.46. The summed E-state index contributed by atoms with van der Waals surface area (Å²) in [5.74, 6) is 1.75. The highest BCUT2D eigenvalue weighted by molar-refractivity contribution is 7.18. The van der Waals surface area contributed by atoms with Crippen molar-refractivity contribution >= 4 is 32.7 Å². The van der Waals surface area contributed by atoms with Crippen LogP contribution >= 0.6 is 9.24 Å². The summed E-state index contributed by atoms with van der Waals surface area (Å²) in [4.78, 5) is 22.8. The van der Waals surface area contributed by atoms with Gasteiger partial charge in [0.1, 0.15) is 17.3 Å². The number of nitrogen functional groups attached to an aromatic ring is 1. The van der Waals surface area contributed by atoms with Crippen LogP contribution in [0.25, 0.3) is 0 Å². The van der Waals surface area contributed by atoms with Gasteiger partial charge in [-0.25, -0.2) is 0 Å². The molecular weight excluding hydrogens is 513 g/mol. The number of hydrogen-bond donors (Lipinski definition) is 5. The first-order chi connectivity index (χ1) is 19.1. The summed E-state index contributed by atoms with van der Waals surface area (Å²) in [5, 5.41) is 22.1. The number of hydrogen-bond acceptors (Lipinski definition) is 10. The molecule has 0 radical (unpaired) electrons. The van der Waals surface area contributed by atoms with E-state index in [9.17, 15) is 4.79 Å². The van der Waals surface area contributed by atoms with Crippen molar-refractivity contribution in [2.75, 3.05) is 54.8 Å². The third kappa shape index (κ3) is 10.2. The summed E-state index contributed by atoms with van der Waals surface area (Å²) in [6.45, 7) is 6.02. The number of piperidine rings is 1. The Morgan fingerprint density at radius 2 is 1.82 bits per heavy atom. The second-order valence-corrected chi connectivity index (χ2v) is 11.0. The molecule has 2 fully saturated rings. The first-order valence-corrected chi connectivity index (χ1v) is 15.4. The Bertz CT molecular complexity index is 1010. The maximum Gasteiger partial charge on any atom is 0.226 e. The van der Waals surface area contributed by atoms with Crippen LogP contribution in [0.5, 0.6) is 0 Å². The van der Waals surface area contributed by atoms with Crippen molar-refractivity contribution in [3.63, 3.8) is 0 Å². The molecule has 1 aliphatic carbocycles. The van der Waals surface area contributed by atoms with Crippen LogP contribution in [0.4, 0.5) is 17.6 Å². The Labute approximate surface area is 234 Å². The molecule has 13 heteroatoms. The van der Waals surface area contributed by atoms with Crippen molar-refractivity contribution in [2.24, 2.45) is 0 Å². The van der Waals surface area contributed by atoms with Crippen molar-refractivity contribution in [1.29, 1.82) is 0 Å². The second-order valence-electron chi connectivity index (χ2n) is 10.6. The molecule has 12 nitrogen and oxygen atoms in total. The lowest BCUT2D eigenvalue weighted by Crippen LogP contribution is -2.45. The number of amides is 1. The van der Waals surface area contributed by atoms with Crippen LogP contribution in [0, 0.1) is 0 Å². The molecule has 1 saturated carbocycles. The van der Waals surface area contributed by atoms with E-state index in [0.717, 1.165) is 82.5 Å². The zero-order valence-electron chi connectivity index (χ0n) is 23.1. The smallest absolute Gasteiger partial charge is 0.226 e. The topological polar surface area (TPSA) is 151 Å². The van der Waals surface area contributed by atoms with Gasteiger partial charge >= 0.3 is 0 Å². The molecule has 2 aliphatic rings. The van der Waals surface area contributed by atoms with Crippen LogP contribution in [0.2, 0.25) is 0 Å². The lowest BCUT2D eigenvalue weighted by Gasteiger charge is -2.33. The van der Waals surface area contributed by atoms with Gasteiger partial charge < -0.3 is 31.9 Å². The number of nitrogens with two attached hydrogens (primary N) is 1. The Hall–Kier alpha value is -2.56. The van der Waals surface area contributed by atoms with E-state index in [1.165, 1.54) is 32.1 Å². The van der Waals surface area contributed by atoms with E-state index in [0.29, 0.717) is 24.5 Å². The standard InChI is InChI=1S/C26H46N11OP/c27-23-16-24(36-14-8-21(9-15-36)31-25(38)19-39)33-26(32-23)30-17-22-18-37(35-34-22)13-5-11-28-10-4-12-29-20-6-2-1-3-7-20/h16,18,20-21,28-29H,1-15,17,19,39H2,(H,31,38)(H3,27,30,32,33). The number of rotatable bonds is 15. The Balaban J connectivity index is 1.11. The molecule has 1 atom stereocenters. The highest BCUT2D eigenvalue weighted by Crippen LogP contribution is 2.21. The Morgan fingerprint density at radius 3 is 2.62 bits per heavy atom. The van der Waals surface area contributed by atoms with E-state index >= 15 is 0 Å². The van der Waals surface area contributed by atoms with E-state index in [4.69, 9.17) is 5.73 Å². The minimum absolute atomic E-state index is 0.0674. The van der Waals surface area contributed by atoms with E-state index in [1.54, 1.807) is 6.07 Å². The van der Waals surface area contributed by atoms with Gasteiger partial charge in [-0.15, -0.1) is 14.3 Å². The quantitative estimate of drug-likeness (QED) is 0.160. The molecule has 4 rings (SSSR count). The summed E-state index contributed by atoms with van der Waals surface area (Å²) >= 11 is 0. The average molecular weight is 560 g/mol. The fourth-order valence-corrected chi connectivity index (χ4v) is 5.37. The molecule has 0 spiro atoms. The molecule has 1 unspecified atom stereocenters. The van der Waals surface area contributed by atoms with Crippen molar-refractivity contribution in [2.45, 2.75) is 83.0 Å². The van der Waals surface area contributed by atoms with Gasteiger partial charge in [-0.1, -0.05) is 24.5 Å². The van der Waals surface area contributed by atoms with Crippen LogP contribution < -0.4 is 31.9 Å². The number of nitrogens with zero attached hydrogens (tertiary/aromatic N) is 6. The molecule has 1 amide bonds. The lowest BCUT2D eigenvalue weighted by molar-refractivity contribution is -0.119. The van der Waals surface area contributed by atoms with E-state index in [1.807, 2.05) is 10.9 Å². The van der Waals surface area contributed by atoms with Crippen LogP contribution in [-0.2, 0) is 17.9 Å². The molecule has 0 aromatic carbocycles. The first-order valence-electron chi connectivity index (χ1n) is 14.5. The monoisotopic (exact) mass is 559 g/mol. The van der Waals surface area contributed by atoms with Crippen molar-refractivity contribution in [3.8, 4) is 0 Å². The van der Waals surface area contributed by atoms with Gasteiger partial charge in [-0.2, -0.15) is 9.97 Å². The minimum atomic E-state index is 0.0674. The minimum Gasteiger partial charge on any atom is -0.383 e. The van der Waals surface area contributed by atoms with Gasteiger partial charge in [0.25, 0.3) is 0 Å². The maximum atomic E-state index is 11.7. The highest BCUT2D eigenvalue weighted by Gasteiger charge is 2.22. The molecule has 1 aliphatic heterocycles. The van der Waals surface area contributed by atoms with Gasteiger partial charge in [0.05, 0.1) is 12.7 Å². The van der Waals surface area contributed by atoms with Crippen LogP contribution in [-0.4, -0.2) is 81.8 Å². The number of aromatic nitrogens is 5. The second kappa shape index (κ2) is 15.9. The van der Waals surface area contributed by atoms with Crippen LogP contribution in [0.15, 0.2) is 12.3 Å². The van der Waals surface area contributed by atoms with E-state index in [-0.39, 0.29) is 11.9 Å². The largest absolute Gasteiger partial charge is 0.383 e. The molecular formula is C26H46N11OP. The van der Waals surface area contributed by atoms with Crippen LogP contribution in [0.1, 0.15) is 63.5 Å². The molecule has 2 aromatic heterocycles. The van der Waals surface area contributed by atoms with Gasteiger partial charge in [0, 0.05) is 43.9 Å². The zero-order chi connectivity index (χ0) is 27.3. The van der Waals surface area contributed by atoms with Gasteiger partial charge in [-0.3, -0.25) is 9.48 Å². The SMILES string of the molecule is Nc1cc(N2CCC(NC(=O)CP)CC2)nc(NCc2cn(CCCNCCCNC3CCCCC3)nn2)n1. The maximum absolute atomic E-state index is 11.7.